The summed E-state index contributed by atoms with van der Waals surface area (Å²) in [5, 5.41) is 18.8. The van der Waals surface area contributed by atoms with E-state index in [0.29, 0.717) is 36.4 Å². The Morgan fingerprint density at radius 3 is 2.24 bits per heavy atom. The minimum atomic E-state index is -3.82. The van der Waals surface area contributed by atoms with Gasteiger partial charge in [-0.05, 0) is 36.4 Å². The Labute approximate surface area is 244 Å². The molecule has 0 bridgehead atoms. The minimum Gasteiger partial charge on any atom is -0.465 e. The number of hydrogen-bond acceptors (Lipinski definition) is 8. The van der Waals surface area contributed by atoms with Crippen molar-refractivity contribution in [1.82, 2.24) is 29.9 Å². The Morgan fingerprint density at radius 1 is 1.02 bits per heavy atom. The number of nitrogens with zero attached hydrogens (tertiary/aromatic N) is 6. The fourth-order valence-electron chi connectivity index (χ4n) is 5.55. The molecule has 3 aliphatic heterocycles. The van der Waals surface area contributed by atoms with Crippen molar-refractivity contribution in [3.05, 3.63) is 54.4 Å². The van der Waals surface area contributed by atoms with Crippen LogP contribution in [0.5, 0.6) is 5.75 Å². The SMILES string of the molecule is O=C(Nc1ccc(OC(F)(F)Cl)cc1)c1cnc(N2CC(N3CCN(C4CN(C(=O)O)C4)CC3)C2)c(-c2ccn[nH]2)c1. The molecule has 222 valence electrons. The van der Waals surface area contributed by atoms with E-state index in [2.05, 4.69) is 39.9 Å². The van der Waals surface area contributed by atoms with E-state index < -0.39 is 17.6 Å². The van der Waals surface area contributed by atoms with Crippen LogP contribution in [0.3, 0.4) is 0 Å². The number of pyridine rings is 1. The van der Waals surface area contributed by atoms with Crippen LogP contribution in [0.4, 0.5) is 25.1 Å². The summed E-state index contributed by atoms with van der Waals surface area (Å²) in [7, 11) is 0. The summed E-state index contributed by atoms with van der Waals surface area (Å²) in [6.07, 6.45) is 2.30. The van der Waals surface area contributed by atoms with Crippen LogP contribution >= 0.6 is 11.6 Å². The normalized spacial score (nSPS) is 18.8. The van der Waals surface area contributed by atoms with Crippen LogP contribution in [0.2, 0.25) is 0 Å². The number of alkyl halides is 3. The number of H-pyrrole nitrogens is 1. The number of likely N-dealkylation sites (tertiary alicyclic amines) is 1. The number of rotatable bonds is 8. The largest absolute Gasteiger partial charge is 0.487 e. The van der Waals surface area contributed by atoms with Crippen molar-refractivity contribution < 1.29 is 28.2 Å². The minimum absolute atomic E-state index is 0.138. The summed E-state index contributed by atoms with van der Waals surface area (Å²) < 4.78 is 30.0. The molecule has 15 heteroatoms. The van der Waals surface area contributed by atoms with E-state index >= 15 is 0 Å². The van der Waals surface area contributed by atoms with Gasteiger partial charge in [-0.1, -0.05) is 0 Å². The number of aromatic amines is 1. The number of ether oxygens (including phenoxy) is 1. The first kappa shape index (κ1) is 28.1. The highest BCUT2D eigenvalue weighted by molar-refractivity contribution is 6.20. The number of hydrogen-bond donors (Lipinski definition) is 3. The lowest BCUT2D eigenvalue weighted by molar-refractivity contribution is -0.0964. The monoisotopic (exact) mass is 602 g/mol. The average Bonchev–Trinajstić information content (AvgIpc) is 3.43. The predicted molar refractivity (Wildman–Crippen MR) is 150 cm³/mol. The van der Waals surface area contributed by atoms with Crippen molar-refractivity contribution in [1.29, 1.82) is 0 Å². The highest BCUT2D eigenvalue weighted by Gasteiger charge is 2.39. The molecule has 0 atom stereocenters. The van der Waals surface area contributed by atoms with E-state index in [1.54, 1.807) is 12.3 Å². The van der Waals surface area contributed by atoms with Crippen molar-refractivity contribution in [2.24, 2.45) is 0 Å². The molecule has 3 aliphatic rings. The number of benzene rings is 1. The third-order valence-electron chi connectivity index (χ3n) is 7.94. The zero-order chi connectivity index (χ0) is 29.4. The van der Waals surface area contributed by atoms with E-state index in [-0.39, 0.29) is 5.75 Å². The molecule has 2 amide bonds. The molecule has 0 unspecified atom stereocenters. The summed E-state index contributed by atoms with van der Waals surface area (Å²) in [6, 6.07) is 9.70. The Bertz CT molecular complexity index is 1420. The average molecular weight is 603 g/mol. The third-order valence-corrected chi connectivity index (χ3v) is 8.02. The first-order chi connectivity index (χ1) is 20.1. The molecule has 0 spiro atoms. The first-order valence-corrected chi connectivity index (χ1v) is 13.9. The van der Waals surface area contributed by atoms with E-state index in [1.807, 2.05) is 6.07 Å². The van der Waals surface area contributed by atoms with Gasteiger partial charge in [0.1, 0.15) is 11.6 Å². The molecule has 0 aliphatic carbocycles. The van der Waals surface area contributed by atoms with E-state index in [4.69, 9.17) is 16.7 Å². The van der Waals surface area contributed by atoms with Gasteiger partial charge in [0.05, 0.1) is 11.3 Å². The molecule has 3 saturated heterocycles. The Morgan fingerprint density at radius 2 is 1.67 bits per heavy atom. The second-order valence-corrected chi connectivity index (χ2v) is 11.0. The summed E-state index contributed by atoms with van der Waals surface area (Å²) in [4.78, 5) is 37.2. The topological polar surface area (TPSA) is 130 Å². The fraction of sp³-hybridized carbons (Fsp3) is 0.407. The number of halogens is 3. The van der Waals surface area contributed by atoms with Gasteiger partial charge in [0, 0.05) is 99.7 Å². The smallest absolute Gasteiger partial charge is 0.465 e. The number of aromatic nitrogens is 3. The molecule has 6 rings (SSSR count). The number of carbonyl (C=O) groups is 2. The maximum absolute atomic E-state index is 13.0. The molecule has 0 saturated carbocycles. The standard InChI is InChI=1S/C27H29ClF2N8O4/c28-27(29,30)42-21-3-1-18(2-4-21)33-25(39)17-11-22(23-5-6-32-34-23)24(31-12-17)37-13-19(14-37)35-7-9-36(10-8-35)20-15-38(16-20)26(40)41/h1-6,11-12,19-20H,7-10,13-16H2,(H,32,34)(H,33,39)(H,40,41). The van der Waals surface area contributed by atoms with Crippen molar-refractivity contribution in [2.45, 2.75) is 17.7 Å². The van der Waals surface area contributed by atoms with Gasteiger partial charge in [-0.25, -0.2) is 9.78 Å². The summed E-state index contributed by atoms with van der Waals surface area (Å²) >= 11 is 4.80. The Hall–Kier alpha value is -4.01. The molecular weight excluding hydrogens is 574 g/mol. The maximum atomic E-state index is 13.0. The van der Waals surface area contributed by atoms with Crippen LogP contribution in [0.1, 0.15) is 10.4 Å². The lowest BCUT2D eigenvalue weighted by atomic mass is 10.0. The number of carboxylic acid groups (broad SMARTS) is 1. The Kier molecular flexibility index (Phi) is 7.60. The van der Waals surface area contributed by atoms with Crippen LogP contribution in [-0.4, -0.2) is 117 Å². The van der Waals surface area contributed by atoms with Crippen molar-refractivity contribution in [3.8, 4) is 17.0 Å². The highest BCUT2D eigenvalue weighted by atomic mass is 35.5. The second-order valence-electron chi connectivity index (χ2n) is 10.6. The number of piperazine rings is 1. The van der Waals surface area contributed by atoms with Gasteiger partial charge >= 0.3 is 11.7 Å². The first-order valence-electron chi connectivity index (χ1n) is 13.5. The molecule has 3 aromatic rings. The van der Waals surface area contributed by atoms with Crippen LogP contribution in [0, 0.1) is 0 Å². The van der Waals surface area contributed by atoms with Gasteiger partial charge in [0.25, 0.3) is 5.91 Å². The van der Waals surface area contributed by atoms with E-state index in [1.165, 1.54) is 35.4 Å². The number of anilines is 2. The zero-order valence-corrected chi connectivity index (χ0v) is 23.2. The Balaban J connectivity index is 1.07. The van der Waals surface area contributed by atoms with Crippen molar-refractivity contribution in [3.63, 3.8) is 0 Å². The lowest BCUT2D eigenvalue weighted by Crippen LogP contribution is -2.67. The molecule has 42 heavy (non-hydrogen) atoms. The van der Waals surface area contributed by atoms with Crippen molar-refractivity contribution in [2.75, 3.05) is 62.6 Å². The van der Waals surface area contributed by atoms with Gasteiger partial charge in [-0.3, -0.25) is 19.7 Å². The summed E-state index contributed by atoms with van der Waals surface area (Å²) in [5.74, 6) is 0.196. The van der Waals surface area contributed by atoms with Gasteiger partial charge < -0.3 is 25.0 Å². The van der Waals surface area contributed by atoms with Crippen LogP contribution in [0.15, 0.2) is 48.8 Å². The molecule has 3 N–H and O–H groups in total. The quantitative estimate of drug-likeness (QED) is 0.333. The van der Waals surface area contributed by atoms with Crippen LogP contribution in [0.25, 0.3) is 11.3 Å². The number of amides is 2. The molecule has 0 radical (unpaired) electrons. The van der Waals surface area contributed by atoms with Gasteiger partial charge in [-0.2, -0.15) is 5.10 Å². The zero-order valence-electron chi connectivity index (χ0n) is 22.4. The van der Waals surface area contributed by atoms with E-state index in [9.17, 15) is 18.4 Å². The van der Waals surface area contributed by atoms with Crippen LogP contribution in [-0.2, 0) is 0 Å². The van der Waals surface area contributed by atoms with E-state index in [0.717, 1.165) is 56.3 Å². The molecule has 2 aromatic heterocycles. The molecular formula is C27H29ClF2N8O4. The summed E-state index contributed by atoms with van der Waals surface area (Å²) in [6.45, 7) is 6.47. The second kappa shape index (κ2) is 11.3. The molecule has 1 aromatic carbocycles. The lowest BCUT2D eigenvalue weighted by Gasteiger charge is -2.51. The molecule has 12 nitrogen and oxygen atoms in total. The number of carbonyl (C=O) groups excluding carboxylic acids is 1. The van der Waals surface area contributed by atoms with Gasteiger partial charge in [0.2, 0.25) is 0 Å². The van der Waals surface area contributed by atoms with Crippen molar-refractivity contribution >= 4 is 35.1 Å². The molecule has 3 fully saturated rings. The van der Waals surface area contributed by atoms with Crippen LogP contribution < -0.4 is 15.0 Å². The fourth-order valence-corrected chi connectivity index (χ4v) is 5.64. The third kappa shape index (κ3) is 6.10. The molecule has 5 heterocycles. The highest BCUT2D eigenvalue weighted by Crippen LogP contribution is 2.33. The van der Waals surface area contributed by atoms with Gasteiger partial charge in [0.15, 0.2) is 0 Å². The number of nitrogens with one attached hydrogen (secondary N) is 2. The predicted octanol–water partition coefficient (Wildman–Crippen LogP) is 3.06. The summed E-state index contributed by atoms with van der Waals surface area (Å²) in [5.41, 5.74) is -1.65. The maximum Gasteiger partial charge on any atom is 0.487 e. The van der Waals surface area contributed by atoms with Gasteiger partial charge in [-0.15, -0.1) is 8.78 Å².